The van der Waals surface area contributed by atoms with Crippen LogP contribution in [0.1, 0.15) is 11.1 Å². The Balaban J connectivity index is 2.23. The minimum atomic E-state index is 0.131. The molecule has 4 aromatic rings. The number of aliphatic hydroxyl groups excluding tert-OH is 2. The van der Waals surface area contributed by atoms with E-state index in [0.29, 0.717) is 12.8 Å². The van der Waals surface area contributed by atoms with E-state index in [0.717, 1.165) is 5.56 Å². The molecule has 2 N–H and O–H groups in total. The molecular weight excluding hydrogens is 296 g/mol. The van der Waals surface area contributed by atoms with Gasteiger partial charge in [0.2, 0.25) is 0 Å². The van der Waals surface area contributed by atoms with Crippen molar-refractivity contribution in [2.75, 3.05) is 13.2 Å². The van der Waals surface area contributed by atoms with Crippen molar-refractivity contribution in [2.24, 2.45) is 0 Å². The molecule has 24 heavy (non-hydrogen) atoms. The molecule has 4 aromatic carbocycles. The molecule has 2 heteroatoms. The maximum atomic E-state index is 9.56. The van der Waals surface area contributed by atoms with Gasteiger partial charge in [0, 0.05) is 13.2 Å². The largest absolute Gasteiger partial charge is 0.396 e. The third-order valence-electron chi connectivity index (χ3n) is 4.80. The molecule has 0 bridgehead atoms. The molecule has 120 valence electrons. The summed E-state index contributed by atoms with van der Waals surface area (Å²) in [6.45, 7) is 0.268. The lowest BCUT2D eigenvalue weighted by atomic mass is 9.89. The smallest absolute Gasteiger partial charge is 0.0471 e. The monoisotopic (exact) mass is 316 g/mol. The highest BCUT2D eigenvalue weighted by atomic mass is 16.3. The summed E-state index contributed by atoms with van der Waals surface area (Å²) in [4.78, 5) is 0. The molecule has 0 saturated carbocycles. The average molecular weight is 316 g/mol. The third kappa shape index (κ3) is 2.35. The standard InChI is InChI=1S/C22H20O2/c23-12-10-16-6-3-5-15-8-9-20-19-7-2-1-4-17(19)14-18(11-13-24)22(20)21(15)16/h1-9,14,23-24H,10-13H2. The van der Waals surface area contributed by atoms with Crippen LogP contribution in [0.3, 0.4) is 0 Å². The van der Waals surface area contributed by atoms with Crippen LogP contribution in [0.15, 0.2) is 60.7 Å². The van der Waals surface area contributed by atoms with Crippen LogP contribution in [0.25, 0.3) is 32.3 Å². The lowest BCUT2D eigenvalue weighted by Crippen LogP contribution is -1.97. The van der Waals surface area contributed by atoms with Gasteiger partial charge in [-0.1, -0.05) is 60.7 Å². The summed E-state index contributed by atoms with van der Waals surface area (Å²) in [6, 6.07) is 21.2. The van der Waals surface area contributed by atoms with Crippen molar-refractivity contribution in [1.29, 1.82) is 0 Å². The van der Waals surface area contributed by atoms with Crippen LogP contribution in [0.2, 0.25) is 0 Å². The molecule has 0 aliphatic carbocycles. The number of aliphatic hydroxyl groups is 2. The lowest BCUT2D eigenvalue weighted by Gasteiger charge is -2.15. The lowest BCUT2D eigenvalue weighted by molar-refractivity contribution is 0.299. The first kappa shape index (κ1) is 15.1. The van der Waals surface area contributed by atoms with E-state index >= 15 is 0 Å². The summed E-state index contributed by atoms with van der Waals surface area (Å²) in [6.07, 6.45) is 1.27. The summed E-state index contributed by atoms with van der Waals surface area (Å²) >= 11 is 0. The van der Waals surface area contributed by atoms with E-state index in [9.17, 15) is 10.2 Å². The van der Waals surface area contributed by atoms with E-state index in [2.05, 4.69) is 54.6 Å². The Bertz CT molecular complexity index is 1030. The van der Waals surface area contributed by atoms with E-state index in [4.69, 9.17) is 0 Å². The Morgan fingerprint density at radius 2 is 1.33 bits per heavy atom. The molecular formula is C22H20O2. The summed E-state index contributed by atoms with van der Waals surface area (Å²) in [5.41, 5.74) is 2.33. The van der Waals surface area contributed by atoms with E-state index in [-0.39, 0.29) is 13.2 Å². The van der Waals surface area contributed by atoms with Crippen molar-refractivity contribution in [1.82, 2.24) is 0 Å². The van der Waals surface area contributed by atoms with Crippen molar-refractivity contribution in [3.05, 3.63) is 71.8 Å². The van der Waals surface area contributed by atoms with Crippen LogP contribution in [0, 0.1) is 0 Å². The van der Waals surface area contributed by atoms with Gasteiger partial charge in [-0.15, -0.1) is 0 Å². The van der Waals surface area contributed by atoms with E-state index in [1.54, 1.807) is 0 Å². The van der Waals surface area contributed by atoms with Crippen LogP contribution in [-0.2, 0) is 12.8 Å². The molecule has 0 amide bonds. The average Bonchev–Trinajstić information content (AvgIpc) is 2.62. The van der Waals surface area contributed by atoms with Crippen LogP contribution < -0.4 is 0 Å². The predicted molar refractivity (Wildman–Crippen MR) is 101 cm³/mol. The normalized spacial score (nSPS) is 11.6. The molecule has 0 aliphatic heterocycles. The minimum absolute atomic E-state index is 0.131. The van der Waals surface area contributed by atoms with Gasteiger partial charge in [-0.25, -0.2) is 0 Å². The highest BCUT2D eigenvalue weighted by Crippen LogP contribution is 2.36. The second-order valence-electron chi connectivity index (χ2n) is 6.21. The fraction of sp³-hybridized carbons (Fsp3) is 0.182. The van der Waals surface area contributed by atoms with Gasteiger partial charge in [-0.3, -0.25) is 0 Å². The maximum absolute atomic E-state index is 9.56. The summed E-state index contributed by atoms with van der Waals surface area (Å²) in [5, 5.41) is 26.3. The van der Waals surface area contributed by atoms with Crippen molar-refractivity contribution in [3.8, 4) is 0 Å². The Kier molecular flexibility index (Phi) is 3.93. The van der Waals surface area contributed by atoms with E-state index < -0.39 is 0 Å². The molecule has 0 atom stereocenters. The number of hydrogen-bond acceptors (Lipinski definition) is 2. The molecule has 4 rings (SSSR count). The zero-order valence-corrected chi connectivity index (χ0v) is 13.5. The predicted octanol–water partition coefficient (Wildman–Crippen LogP) is 4.22. The molecule has 0 unspecified atom stereocenters. The van der Waals surface area contributed by atoms with Gasteiger partial charge in [-0.2, -0.15) is 0 Å². The molecule has 0 spiro atoms. The highest BCUT2D eigenvalue weighted by Gasteiger charge is 2.12. The van der Waals surface area contributed by atoms with Gasteiger partial charge in [0.1, 0.15) is 0 Å². The molecule has 0 aromatic heterocycles. The summed E-state index contributed by atoms with van der Waals surface area (Å²) in [7, 11) is 0. The zero-order valence-electron chi connectivity index (χ0n) is 13.5. The van der Waals surface area contributed by atoms with E-state index in [1.807, 2.05) is 6.07 Å². The second kappa shape index (κ2) is 6.23. The third-order valence-corrected chi connectivity index (χ3v) is 4.80. The first-order valence-corrected chi connectivity index (χ1v) is 8.40. The maximum Gasteiger partial charge on any atom is 0.0471 e. The van der Waals surface area contributed by atoms with Gasteiger partial charge >= 0.3 is 0 Å². The van der Waals surface area contributed by atoms with Crippen molar-refractivity contribution in [3.63, 3.8) is 0 Å². The van der Waals surface area contributed by atoms with Crippen molar-refractivity contribution < 1.29 is 10.2 Å². The Hall–Kier alpha value is -2.42. The quantitative estimate of drug-likeness (QED) is 0.554. The van der Waals surface area contributed by atoms with Gasteiger partial charge in [0.05, 0.1) is 0 Å². The fourth-order valence-electron chi connectivity index (χ4n) is 3.79. The first-order valence-electron chi connectivity index (χ1n) is 8.40. The van der Waals surface area contributed by atoms with E-state index in [1.165, 1.54) is 37.9 Å². The summed E-state index contributed by atoms with van der Waals surface area (Å²) in [5.74, 6) is 0. The van der Waals surface area contributed by atoms with Crippen LogP contribution in [0.5, 0.6) is 0 Å². The zero-order chi connectivity index (χ0) is 16.5. The van der Waals surface area contributed by atoms with Gasteiger partial charge in [0.25, 0.3) is 0 Å². The second-order valence-corrected chi connectivity index (χ2v) is 6.21. The summed E-state index contributed by atoms with van der Waals surface area (Å²) < 4.78 is 0. The number of hydrogen-bond donors (Lipinski definition) is 2. The van der Waals surface area contributed by atoms with Crippen LogP contribution >= 0.6 is 0 Å². The van der Waals surface area contributed by atoms with Crippen LogP contribution in [0.4, 0.5) is 0 Å². The van der Waals surface area contributed by atoms with Crippen molar-refractivity contribution in [2.45, 2.75) is 12.8 Å². The number of fused-ring (bicyclic) bond motifs is 5. The Morgan fingerprint density at radius 1 is 0.583 bits per heavy atom. The highest BCUT2D eigenvalue weighted by molar-refractivity contribution is 6.19. The van der Waals surface area contributed by atoms with Crippen LogP contribution in [-0.4, -0.2) is 23.4 Å². The number of benzene rings is 4. The van der Waals surface area contributed by atoms with Crippen molar-refractivity contribution >= 4 is 32.3 Å². The molecule has 0 aliphatic rings. The van der Waals surface area contributed by atoms with Gasteiger partial charge in [0.15, 0.2) is 0 Å². The molecule has 0 radical (unpaired) electrons. The SMILES string of the molecule is OCCc1cccc2ccc3c4ccccc4cc(CCO)c3c12. The molecule has 2 nitrogen and oxygen atoms in total. The molecule has 0 fully saturated rings. The number of rotatable bonds is 4. The Labute approximate surface area is 141 Å². The molecule has 0 saturated heterocycles. The fourth-order valence-corrected chi connectivity index (χ4v) is 3.79. The molecule has 0 heterocycles. The van der Waals surface area contributed by atoms with Gasteiger partial charge in [-0.05, 0) is 56.3 Å². The minimum Gasteiger partial charge on any atom is -0.396 e. The van der Waals surface area contributed by atoms with Gasteiger partial charge < -0.3 is 10.2 Å². The first-order chi connectivity index (χ1) is 11.8. The topological polar surface area (TPSA) is 40.5 Å². The Morgan fingerprint density at radius 3 is 2.17 bits per heavy atom.